The lowest BCUT2D eigenvalue weighted by molar-refractivity contribution is 0.0377. The average molecular weight is 501 g/mol. The predicted molar refractivity (Wildman–Crippen MR) is 123 cm³/mol. The molecule has 0 aliphatic carbocycles. The Balaban J connectivity index is 0.00000261. The first-order valence-electron chi connectivity index (χ1n) is 9.15. The number of nitrogens with zero attached hydrogens (tertiary/aromatic N) is 3. The van der Waals surface area contributed by atoms with Crippen molar-refractivity contribution in [3.63, 3.8) is 0 Å². The molecule has 27 heavy (non-hydrogen) atoms. The van der Waals surface area contributed by atoms with Crippen LogP contribution in [0.4, 0.5) is 0 Å². The van der Waals surface area contributed by atoms with E-state index in [0.717, 1.165) is 75.0 Å². The Kier molecular flexibility index (Phi) is 10.0. The molecule has 1 saturated heterocycles. The molecule has 3 rings (SSSR count). The van der Waals surface area contributed by atoms with Crippen molar-refractivity contribution >= 4 is 41.3 Å². The van der Waals surface area contributed by atoms with E-state index in [9.17, 15) is 0 Å². The van der Waals surface area contributed by atoms with Crippen molar-refractivity contribution in [2.45, 2.75) is 12.8 Å². The third-order valence-electron chi connectivity index (χ3n) is 4.28. The van der Waals surface area contributed by atoms with Crippen molar-refractivity contribution in [1.82, 2.24) is 15.2 Å². The van der Waals surface area contributed by atoms with Gasteiger partial charge in [-0.15, -0.1) is 35.3 Å². The summed E-state index contributed by atoms with van der Waals surface area (Å²) in [5.74, 6) is 0.519. The second-order valence-corrected chi connectivity index (χ2v) is 7.12. The minimum atomic E-state index is 0. The van der Waals surface area contributed by atoms with Crippen LogP contribution in [0.25, 0.3) is 10.6 Å². The molecule has 0 saturated carbocycles. The molecule has 0 amide bonds. The van der Waals surface area contributed by atoms with Gasteiger partial charge in [-0.05, 0) is 6.42 Å². The Morgan fingerprint density at radius 3 is 2.81 bits per heavy atom. The van der Waals surface area contributed by atoms with Gasteiger partial charge in [-0.3, -0.25) is 9.89 Å². The molecular formula is C19H28IN5OS. The van der Waals surface area contributed by atoms with Gasteiger partial charge in [0.2, 0.25) is 0 Å². The number of rotatable bonds is 8. The van der Waals surface area contributed by atoms with Gasteiger partial charge in [0.25, 0.3) is 0 Å². The standard InChI is InChI=1S/C19H27N5OS.HI/c20-19(21-8-4-10-24-11-13-25-14-12-24)22-9-7-17-15-26-18(23-17)16-5-2-1-3-6-16;/h1-3,5-6,15H,4,7-14H2,(H3,20,21,22);1H. The number of ether oxygens (including phenoxy) is 1. The van der Waals surface area contributed by atoms with Gasteiger partial charge in [0, 0.05) is 50.1 Å². The van der Waals surface area contributed by atoms with E-state index in [4.69, 9.17) is 10.5 Å². The van der Waals surface area contributed by atoms with Gasteiger partial charge in [0.1, 0.15) is 5.01 Å². The summed E-state index contributed by atoms with van der Waals surface area (Å²) in [5.41, 5.74) is 8.19. The number of hydrogen-bond acceptors (Lipinski definition) is 5. The molecule has 0 radical (unpaired) electrons. The molecule has 6 nitrogen and oxygen atoms in total. The summed E-state index contributed by atoms with van der Waals surface area (Å²) < 4.78 is 5.35. The second kappa shape index (κ2) is 12.3. The summed E-state index contributed by atoms with van der Waals surface area (Å²) in [6.45, 7) is 6.29. The molecule has 0 bridgehead atoms. The smallest absolute Gasteiger partial charge is 0.188 e. The highest BCUT2D eigenvalue weighted by Crippen LogP contribution is 2.23. The number of thiazole rings is 1. The number of guanidine groups is 1. The van der Waals surface area contributed by atoms with Crippen molar-refractivity contribution < 1.29 is 4.74 Å². The fraction of sp³-hybridized carbons (Fsp3) is 0.474. The summed E-state index contributed by atoms with van der Waals surface area (Å²) >= 11 is 1.68. The maximum Gasteiger partial charge on any atom is 0.188 e. The number of aliphatic imine (C=N–C) groups is 1. The van der Waals surface area contributed by atoms with Gasteiger partial charge in [-0.25, -0.2) is 4.98 Å². The highest BCUT2D eigenvalue weighted by atomic mass is 127. The van der Waals surface area contributed by atoms with Gasteiger partial charge >= 0.3 is 0 Å². The van der Waals surface area contributed by atoms with Crippen LogP contribution < -0.4 is 11.1 Å². The van der Waals surface area contributed by atoms with Gasteiger partial charge in [-0.1, -0.05) is 30.3 Å². The van der Waals surface area contributed by atoms with E-state index in [0.29, 0.717) is 5.96 Å². The zero-order chi connectivity index (χ0) is 18.0. The lowest BCUT2D eigenvalue weighted by Gasteiger charge is -2.26. The topological polar surface area (TPSA) is 75.8 Å². The summed E-state index contributed by atoms with van der Waals surface area (Å²) in [5, 5.41) is 6.35. The number of nitrogens with one attached hydrogen (secondary N) is 1. The van der Waals surface area contributed by atoms with Crippen molar-refractivity contribution in [1.29, 1.82) is 0 Å². The lowest BCUT2D eigenvalue weighted by Crippen LogP contribution is -2.37. The van der Waals surface area contributed by atoms with E-state index in [2.05, 4.69) is 37.7 Å². The molecule has 3 N–H and O–H groups in total. The molecule has 148 valence electrons. The molecule has 1 aliphatic rings. The van der Waals surface area contributed by atoms with Gasteiger partial charge in [-0.2, -0.15) is 0 Å². The summed E-state index contributed by atoms with van der Waals surface area (Å²) in [4.78, 5) is 11.5. The number of morpholine rings is 1. The summed E-state index contributed by atoms with van der Waals surface area (Å²) in [7, 11) is 0. The zero-order valence-corrected chi connectivity index (χ0v) is 18.6. The Labute approximate surface area is 182 Å². The van der Waals surface area contributed by atoms with Crippen molar-refractivity contribution in [3.8, 4) is 10.6 Å². The zero-order valence-electron chi connectivity index (χ0n) is 15.5. The fourth-order valence-electron chi connectivity index (χ4n) is 2.83. The highest BCUT2D eigenvalue weighted by Gasteiger charge is 2.09. The number of nitrogens with two attached hydrogens (primary N) is 1. The first-order valence-corrected chi connectivity index (χ1v) is 10.0. The number of aromatic nitrogens is 1. The Hall–Kier alpha value is -1.23. The average Bonchev–Trinajstić information content (AvgIpc) is 3.16. The van der Waals surface area contributed by atoms with Gasteiger partial charge in [0.05, 0.1) is 18.9 Å². The summed E-state index contributed by atoms with van der Waals surface area (Å²) in [6.07, 6.45) is 1.86. The van der Waals surface area contributed by atoms with Gasteiger partial charge < -0.3 is 15.8 Å². The molecule has 2 heterocycles. The molecule has 1 fully saturated rings. The molecule has 8 heteroatoms. The quantitative estimate of drug-likeness (QED) is 0.252. The van der Waals surface area contributed by atoms with Crippen LogP contribution in [0, 0.1) is 0 Å². The molecule has 0 spiro atoms. The van der Waals surface area contributed by atoms with Crippen molar-refractivity contribution in [2.75, 3.05) is 45.9 Å². The van der Waals surface area contributed by atoms with E-state index in [1.54, 1.807) is 11.3 Å². The number of hydrogen-bond donors (Lipinski definition) is 2. The predicted octanol–water partition coefficient (Wildman–Crippen LogP) is 2.60. The van der Waals surface area contributed by atoms with Gasteiger partial charge in [0.15, 0.2) is 5.96 Å². The Morgan fingerprint density at radius 1 is 1.26 bits per heavy atom. The van der Waals surface area contributed by atoms with Crippen LogP contribution in [0.3, 0.4) is 0 Å². The maximum atomic E-state index is 5.94. The van der Waals surface area contributed by atoms with Crippen LogP contribution in [-0.2, 0) is 11.2 Å². The van der Waals surface area contributed by atoms with Crippen LogP contribution in [-0.4, -0.2) is 61.8 Å². The van der Waals surface area contributed by atoms with E-state index < -0.39 is 0 Å². The van der Waals surface area contributed by atoms with Crippen LogP contribution in [0.15, 0.2) is 40.7 Å². The second-order valence-electron chi connectivity index (χ2n) is 6.26. The number of halogens is 1. The minimum Gasteiger partial charge on any atom is -0.379 e. The van der Waals surface area contributed by atoms with E-state index in [1.807, 2.05) is 18.2 Å². The highest BCUT2D eigenvalue weighted by molar-refractivity contribution is 14.0. The Bertz CT molecular complexity index is 688. The largest absolute Gasteiger partial charge is 0.379 e. The first kappa shape index (κ1) is 22.1. The third kappa shape index (κ3) is 7.73. The van der Waals surface area contributed by atoms with E-state index in [-0.39, 0.29) is 24.0 Å². The lowest BCUT2D eigenvalue weighted by atomic mass is 10.2. The molecule has 1 aliphatic heterocycles. The van der Waals surface area contributed by atoms with Crippen LogP contribution >= 0.6 is 35.3 Å². The third-order valence-corrected chi connectivity index (χ3v) is 5.22. The molecule has 1 aromatic heterocycles. The first-order chi connectivity index (χ1) is 12.8. The van der Waals surface area contributed by atoms with E-state index >= 15 is 0 Å². The van der Waals surface area contributed by atoms with Crippen LogP contribution in [0.5, 0.6) is 0 Å². The molecule has 0 unspecified atom stereocenters. The maximum absolute atomic E-state index is 5.94. The fourth-order valence-corrected chi connectivity index (χ4v) is 3.69. The number of benzene rings is 1. The van der Waals surface area contributed by atoms with Crippen molar-refractivity contribution in [3.05, 3.63) is 41.4 Å². The minimum absolute atomic E-state index is 0. The van der Waals surface area contributed by atoms with Crippen LogP contribution in [0.1, 0.15) is 12.1 Å². The van der Waals surface area contributed by atoms with Crippen LogP contribution in [0.2, 0.25) is 0 Å². The normalized spacial score (nSPS) is 15.3. The van der Waals surface area contributed by atoms with E-state index in [1.165, 1.54) is 0 Å². The molecular weight excluding hydrogens is 473 g/mol. The molecule has 2 aromatic rings. The molecule has 0 atom stereocenters. The monoisotopic (exact) mass is 501 g/mol. The Morgan fingerprint density at radius 2 is 2.04 bits per heavy atom. The SMILES string of the molecule is I.NC(=NCCCN1CCOCC1)NCCc1csc(-c2ccccc2)n1. The van der Waals surface area contributed by atoms with Crippen molar-refractivity contribution in [2.24, 2.45) is 10.7 Å². The summed E-state index contributed by atoms with van der Waals surface area (Å²) in [6, 6.07) is 10.3. The molecule has 1 aromatic carbocycles.